The molecule has 1 fully saturated rings. The Balaban J connectivity index is 2.26. The number of hydrogen-bond acceptors (Lipinski definition) is 3. The number of nitrogens with zero attached hydrogens (tertiary/aromatic N) is 1. The lowest BCUT2D eigenvalue weighted by atomic mass is 10.0. The second-order valence-electron chi connectivity index (χ2n) is 6.04. The highest BCUT2D eigenvalue weighted by molar-refractivity contribution is 5.96. The van der Waals surface area contributed by atoms with Crippen molar-refractivity contribution in [3.8, 4) is 5.75 Å². The first-order valence-corrected chi connectivity index (χ1v) is 7.78. The van der Waals surface area contributed by atoms with E-state index in [0.717, 1.165) is 32.2 Å². The van der Waals surface area contributed by atoms with Crippen molar-refractivity contribution in [3.63, 3.8) is 0 Å². The van der Waals surface area contributed by atoms with Crippen molar-refractivity contribution in [2.24, 2.45) is 0 Å². The molecule has 0 saturated carbocycles. The highest BCUT2D eigenvalue weighted by Crippen LogP contribution is 2.26. The van der Waals surface area contributed by atoms with Crippen LogP contribution in [0.4, 0.5) is 0 Å². The molecule has 1 saturated heterocycles. The van der Waals surface area contributed by atoms with Crippen molar-refractivity contribution in [1.82, 2.24) is 4.90 Å². The average Bonchev–Trinajstić information content (AvgIpc) is 2.66. The maximum Gasteiger partial charge on any atom is 0.254 e. The molecule has 4 heteroatoms. The summed E-state index contributed by atoms with van der Waals surface area (Å²) in [6.07, 6.45) is 4.37. The Bertz CT molecular complexity index is 499. The average molecular weight is 291 g/mol. The smallest absolute Gasteiger partial charge is 0.254 e. The molecule has 4 nitrogen and oxygen atoms in total. The molecule has 0 aromatic heterocycles. The monoisotopic (exact) mass is 291 g/mol. The lowest BCUT2D eigenvalue weighted by Crippen LogP contribution is -2.41. The molecule has 21 heavy (non-hydrogen) atoms. The van der Waals surface area contributed by atoms with E-state index in [9.17, 15) is 15.0 Å². The molecule has 0 spiro atoms. The molecule has 0 bridgehead atoms. The minimum Gasteiger partial charge on any atom is -0.508 e. The van der Waals surface area contributed by atoms with Crippen molar-refractivity contribution in [2.45, 2.75) is 58.1 Å². The number of likely N-dealkylation sites (tertiary alicyclic amines) is 1. The summed E-state index contributed by atoms with van der Waals surface area (Å²) in [5, 5.41) is 19.5. The standard InChI is InChI=1S/C17H25NO3/c1-12(19)11-14-7-4-3-5-10-18(14)17(21)15-8-6-9-16(20)13(15)2/h6,8-9,12,14,19-20H,3-5,7,10-11H2,1-2H3. The van der Waals surface area contributed by atoms with Gasteiger partial charge in [-0.15, -0.1) is 0 Å². The van der Waals surface area contributed by atoms with Gasteiger partial charge in [0.25, 0.3) is 5.91 Å². The molecule has 1 aromatic rings. The summed E-state index contributed by atoms with van der Waals surface area (Å²) in [6, 6.07) is 5.15. The molecular formula is C17H25NO3. The van der Waals surface area contributed by atoms with Crippen LogP contribution >= 0.6 is 0 Å². The fourth-order valence-corrected chi connectivity index (χ4v) is 3.09. The van der Waals surface area contributed by atoms with E-state index in [1.165, 1.54) is 0 Å². The first kappa shape index (κ1) is 15.8. The van der Waals surface area contributed by atoms with Crippen LogP contribution in [-0.4, -0.2) is 39.7 Å². The van der Waals surface area contributed by atoms with Crippen LogP contribution in [0, 0.1) is 6.92 Å². The number of phenolic OH excluding ortho intramolecular Hbond substituents is 1. The van der Waals surface area contributed by atoms with Gasteiger partial charge in [0.2, 0.25) is 0 Å². The van der Waals surface area contributed by atoms with Crippen LogP contribution in [0.3, 0.4) is 0 Å². The van der Waals surface area contributed by atoms with Gasteiger partial charge in [-0.05, 0) is 45.2 Å². The molecule has 0 radical (unpaired) electrons. The summed E-state index contributed by atoms with van der Waals surface area (Å²) < 4.78 is 0. The molecule has 2 rings (SSSR count). The van der Waals surface area contributed by atoms with Crippen LogP contribution in [0.25, 0.3) is 0 Å². The van der Waals surface area contributed by atoms with Gasteiger partial charge in [0.05, 0.1) is 6.10 Å². The third kappa shape index (κ3) is 3.76. The van der Waals surface area contributed by atoms with Gasteiger partial charge in [-0.2, -0.15) is 0 Å². The first-order valence-electron chi connectivity index (χ1n) is 7.78. The van der Waals surface area contributed by atoms with E-state index in [1.807, 2.05) is 4.90 Å². The molecule has 116 valence electrons. The number of phenols is 1. The third-order valence-corrected chi connectivity index (χ3v) is 4.29. The summed E-state index contributed by atoms with van der Waals surface area (Å²) in [7, 11) is 0. The summed E-state index contributed by atoms with van der Waals surface area (Å²) in [4.78, 5) is 14.7. The second kappa shape index (κ2) is 6.94. The van der Waals surface area contributed by atoms with Gasteiger partial charge >= 0.3 is 0 Å². The quantitative estimate of drug-likeness (QED) is 0.900. The second-order valence-corrected chi connectivity index (χ2v) is 6.04. The third-order valence-electron chi connectivity index (χ3n) is 4.29. The zero-order valence-corrected chi connectivity index (χ0v) is 12.9. The number of aromatic hydroxyl groups is 1. The molecule has 1 aromatic carbocycles. The van der Waals surface area contributed by atoms with Gasteiger partial charge in [-0.3, -0.25) is 4.79 Å². The van der Waals surface area contributed by atoms with Crippen LogP contribution in [0.1, 0.15) is 54.9 Å². The van der Waals surface area contributed by atoms with E-state index in [-0.39, 0.29) is 17.7 Å². The Morgan fingerprint density at radius 1 is 1.38 bits per heavy atom. The van der Waals surface area contributed by atoms with Crippen molar-refractivity contribution >= 4 is 5.91 Å². The van der Waals surface area contributed by atoms with E-state index in [4.69, 9.17) is 0 Å². The molecule has 1 aliphatic rings. The number of rotatable bonds is 3. The maximum atomic E-state index is 12.9. The number of amides is 1. The summed E-state index contributed by atoms with van der Waals surface area (Å²) in [5.74, 6) is 0.124. The van der Waals surface area contributed by atoms with Gasteiger partial charge in [0.15, 0.2) is 0 Å². The predicted molar refractivity (Wildman–Crippen MR) is 82.4 cm³/mol. The van der Waals surface area contributed by atoms with E-state index < -0.39 is 6.10 Å². The van der Waals surface area contributed by atoms with Crippen LogP contribution < -0.4 is 0 Å². The topological polar surface area (TPSA) is 60.8 Å². The summed E-state index contributed by atoms with van der Waals surface area (Å²) in [6.45, 7) is 4.27. The van der Waals surface area contributed by atoms with E-state index in [2.05, 4.69) is 0 Å². The Kier molecular flexibility index (Phi) is 5.23. The normalized spacial score (nSPS) is 20.9. The molecule has 2 atom stereocenters. The van der Waals surface area contributed by atoms with Crippen LogP contribution in [0.15, 0.2) is 18.2 Å². The zero-order chi connectivity index (χ0) is 15.4. The number of carbonyl (C=O) groups is 1. The van der Waals surface area contributed by atoms with Gasteiger partial charge < -0.3 is 15.1 Å². The number of aliphatic hydroxyl groups excluding tert-OH is 1. The Labute approximate surface area is 126 Å². The SMILES string of the molecule is Cc1c(O)cccc1C(=O)N1CCCCCC1CC(C)O. The maximum absolute atomic E-state index is 12.9. The molecular weight excluding hydrogens is 266 g/mol. The number of benzene rings is 1. The Hall–Kier alpha value is -1.55. The molecule has 2 unspecified atom stereocenters. The molecule has 2 N–H and O–H groups in total. The molecule has 1 aliphatic heterocycles. The van der Waals surface area contributed by atoms with Crippen LogP contribution in [0.5, 0.6) is 5.75 Å². The minimum absolute atomic E-state index is 0.0315. The minimum atomic E-state index is -0.409. The van der Waals surface area contributed by atoms with Crippen LogP contribution in [0.2, 0.25) is 0 Å². The van der Waals surface area contributed by atoms with Gasteiger partial charge in [-0.1, -0.05) is 18.9 Å². The van der Waals surface area contributed by atoms with Crippen molar-refractivity contribution < 1.29 is 15.0 Å². The van der Waals surface area contributed by atoms with Crippen molar-refractivity contribution in [2.75, 3.05) is 6.54 Å². The van der Waals surface area contributed by atoms with E-state index >= 15 is 0 Å². The Morgan fingerprint density at radius 3 is 2.86 bits per heavy atom. The number of hydrogen-bond donors (Lipinski definition) is 2. The zero-order valence-electron chi connectivity index (χ0n) is 12.9. The predicted octanol–water partition coefficient (Wildman–Crippen LogP) is 2.86. The Morgan fingerprint density at radius 2 is 2.14 bits per heavy atom. The molecule has 0 aliphatic carbocycles. The lowest BCUT2D eigenvalue weighted by molar-refractivity contribution is 0.0606. The molecule has 1 heterocycles. The fraction of sp³-hybridized carbons (Fsp3) is 0.588. The highest BCUT2D eigenvalue weighted by atomic mass is 16.3. The van der Waals surface area contributed by atoms with E-state index in [0.29, 0.717) is 17.5 Å². The van der Waals surface area contributed by atoms with Crippen molar-refractivity contribution in [1.29, 1.82) is 0 Å². The van der Waals surface area contributed by atoms with Crippen LogP contribution in [-0.2, 0) is 0 Å². The summed E-state index contributed by atoms with van der Waals surface area (Å²) in [5.41, 5.74) is 1.19. The highest BCUT2D eigenvalue weighted by Gasteiger charge is 2.28. The molecule has 1 amide bonds. The summed E-state index contributed by atoms with van der Waals surface area (Å²) >= 11 is 0. The van der Waals surface area contributed by atoms with Gasteiger partial charge in [-0.25, -0.2) is 0 Å². The van der Waals surface area contributed by atoms with Gasteiger partial charge in [0, 0.05) is 23.7 Å². The first-order chi connectivity index (χ1) is 10.0. The van der Waals surface area contributed by atoms with E-state index in [1.54, 1.807) is 32.0 Å². The number of aliphatic hydroxyl groups is 1. The fourth-order valence-electron chi connectivity index (χ4n) is 3.09. The lowest BCUT2D eigenvalue weighted by Gasteiger charge is -2.31. The number of carbonyl (C=O) groups excluding carboxylic acids is 1. The van der Waals surface area contributed by atoms with Gasteiger partial charge in [0.1, 0.15) is 5.75 Å². The largest absolute Gasteiger partial charge is 0.508 e. The van der Waals surface area contributed by atoms with Crippen molar-refractivity contribution in [3.05, 3.63) is 29.3 Å².